The molecule has 0 saturated carbocycles. The molecule has 2 fully saturated rings. The van der Waals surface area contributed by atoms with Crippen LogP contribution in [0.15, 0.2) is 0 Å². The number of rotatable bonds is 3. The number of amides is 1. The smallest absolute Gasteiger partial charge is 0.226 e. The number of carbonyl (C=O) groups is 1. The van der Waals surface area contributed by atoms with Crippen LogP contribution in [0.5, 0.6) is 0 Å². The highest BCUT2D eigenvalue weighted by molar-refractivity contribution is 5.79. The minimum atomic E-state index is 0.0561. The molecule has 0 radical (unpaired) electrons. The SMILES string of the molecule is CCC1OCCC1C(=O)NC1COC1. The summed E-state index contributed by atoms with van der Waals surface area (Å²) in [5.41, 5.74) is 0. The third kappa shape index (κ3) is 1.91. The van der Waals surface area contributed by atoms with Crippen molar-refractivity contribution in [1.29, 1.82) is 0 Å². The van der Waals surface area contributed by atoms with Crippen LogP contribution >= 0.6 is 0 Å². The summed E-state index contributed by atoms with van der Waals surface area (Å²) in [5, 5.41) is 2.98. The molecule has 0 bridgehead atoms. The van der Waals surface area contributed by atoms with Crippen LogP contribution in [0, 0.1) is 5.92 Å². The van der Waals surface area contributed by atoms with Crippen molar-refractivity contribution in [3.05, 3.63) is 0 Å². The van der Waals surface area contributed by atoms with Crippen LogP contribution in [-0.2, 0) is 14.3 Å². The van der Waals surface area contributed by atoms with Crippen LogP contribution in [0.25, 0.3) is 0 Å². The van der Waals surface area contributed by atoms with Crippen molar-refractivity contribution in [3.63, 3.8) is 0 Å². The maximum absolute atomic E-state index is 11.8. The second-order valence-electron chi connectivity index (χ2n) is 3.96. The van der Waals surface area contributed by atoms with Gasteiger partial charge in [0.25, 0.3) is 0 Å². The fourth-order valence-corrected chi connectivity index (χ4v) is 1.98. The van der Waals surface area contributed by atoms with E-state index in [0.717, 1.165) is 19.4 Å². The summed E-state index contributed by atoms with van der Waals surface area (Å²) in [6.07, 6.45) is 1.90. The van der Waals surface area contributed by atoms with E-state index < -0.39 is 0 Å². The van der Waals surface area contributed by atoms with E-state index in [1.54, 1.807) is 0 Å². The van der Waals surface area contributed by atoms with Crippen LogP contribution < -0.4 is 5.32 Å². The first kappa shape index (κ1) is 9.93. The Kier molecular flexibility index (Phi) is 3.03. The lowest BCUT2D eigenvalue weighted by Gasteiger charge is -2.28. The highest BCUT2D eigenvalue weighted by Crippen LogP contribution is 2.23. The van der Waals surface area contributed by atoms with Crippen molar-refractivity contribution in [2.24, 2.45) is 5.92 Å². The van der Waals surface area contributed by atoms with E-state index >= 15 is 0 Å². The molecule has 4 nitrogen and oxygen atoms in total. The largest absolute Gasteiger partial charge is 0.377 e. The van der Waals surface area contributed by atoms with Crippen LogP contribution in [0.4, 0.5) is 0 Å². The van der Waals surface area contributed by atoms with Gasteiger partial charge in [-0.2, -0.15) is 0 Å². The highest BCUT2D eigenvalue weighted by atomic mass is 16.5. The quantitative estimate of drug-likeness (QED) is 0.712. The predicted molar refractivity (Wildman–Crippen MR) is 50.9 cm³/mol. The maximum Gasteiger partial charge on any atom is 0.226 e. The zero-order chi connectivity index (χ0) is 9.97. The third-order valence-electron chi connectivity index (χ3n) is 2.93. The molecule has 0 aromatic carbocycles. The molecular weight excluding hydrogens is 182 g/mol. The molecule has 0 aliphatic carbocycles. The number of ether oxygens (including phenoxy) is 2. The van der Waals surface area contributed by atoms with E-state index in [1.165, 1.54) is 0 Å². The average Bonchev–Trinajstić information content (AvgIpc) is 2.58. The molecule has 4 heteroatoms. The monoisotopic (exact) mass is 199 g/mol. The van der Waals surface area contributed by atoms with Gasteiger partial charge in [-0.25, -0.2) is 0 Å². The van der Waals surface area contributed by atoms with Crippen LogP contribution in [0.3, 0.4) is 0 Å². The first-order valence-electron chi connectivity index (χ1n) is 5.31. The zero-order valence-electron chi connectivity index (χ0n) is 8.49. The normalized spacial score (nSPS) is 32.6. The highest BCUT2D eigenvalue weighted by Gasteiger charge is 2.34. The maximum atomic E-state index is 11.8. The Morgan fingerprint density at radius 2 is 2.29 bits per heavy atom. The molecule has 2 unspecified atom stereocenters. The average molecular weight is 199 g/mol. The van der Waals surface area contributed by atoms with Crippen LogP contribution in [-0.4, -0.2) is 37.9 Å². The third-order valence-corrected chi connectivity index (χ3v) is 2.93. The van der Waals surface area contributed by atoms with E-state index in [2.05, 4.69) is 12.2 Å². The Bertz CT molecular complexity index is 215. The van der Waals surface area contributed by atoms with Crippen LogP contribution in [0.2, 0.25) is 0 Å². The summed E-state index contributed by atoms with van der Waals surface area (Å²) in [4.78, 5) is 11.8. The van der Waals surface area contributed by atoms with Crippen molar-refractivity contribution in [1.82, 2.24) is 5.32 Å². The lowest BCUT2D eigenvalue weighted by Crippen LogP contribution is -2.51. The Morgan fingerprint density at radius 1 is 1.50 bits per heavy atom. The van der Waals surface area contributed by atoms with Gasteiger partial charge in [-0.3, -0.25) is 4.79 Å². The summed E-state index contributed by atoms with van der Waals surface area (Å²) >= 11 is 0. The van der Waals surface area contributed by atoms with Crippen molar-refractivity contribution in [2.75, 3.05) is 19.8 Å². The molecule has 1 amide bonds. The van der Waals surface area contributed by atoms with E-state index in [0.29, 0.717) is 13.2 Å². The summed E-state index contributed by atoms with van der Waals surface area (Å²) in [7, 11) is 0. The Hall–Kier alpha value is -0.610. The van der Waals surface area contributed by atoms with Gasteiger partial charge >= 0.3 is 0 Å². The number of nitrogens with one attached hydrogen (secondary N) is 1. The zero-order valence-corrected chi connectivity index (χ0v) is 8.49. The van der Waals surface area contributed by atoms with Crippen molar-refractivity contribution in [2.45, 2.75) is 31.9 Å². The van der Waals surface area contributed by atoms with E-state index in [-0.39, 0.29) is 24.0 Å². The predicted octanol–water partition coefficient (Wildman–Crippen LogP) is 0.316. The minimum Gasteiger partial charge on any atom is -0.377 e. The lowest BCUT2D eigenvalue weighted by molar-refractivity contribution is -0.130. The topological polar surface area (TPSA) is 47.6 Å². The van der Waals surface area contributed by atoms with Gasteiger partial charge < -0.3 is 14.8 Å². The molecule has 1 N–H and O–H groups in total. The standard InChI is InChI=1S/C10H17NO3/c1-2-9-8(3-4-14-9)10(12)11-7-5-13-6-7/h7-9H,2-6H2,1H3,(H,11,12). The number of hydrogen-bond donors (Lipinski definition) is 1. The lowest BCUT2D eigenvalue weighted by atomic mass is 9.98. The van der Waals surface area contributed by atoms with Gasteiger partial charge in [-0.15, -0.1) is 0 Å². The molecule has 2 rings (SSSR count). The molecule has 2 aliphatic heterocycles. The molecular formula is C10H17NO3. The van der Waals surface area contributed by atoms with Gasteiger partial charge in [-0.05, 0) is 12.8 Å². The Labute approximate surface area is 84.0 Å². The Balaban J connectivity index is 1.83. The van der Waals surface area contributed by atoms with Gasteiger partial charge in [0.1, 0.15) is 0 Å². The van der Waals surface area contributed by atoms with E-state index in [4.69, 9.17) is 9.47 Å². The van der Waals surface area contributed by atoms with E-state index in [9.17, 15) is 4.79 Å². The van der Waals surface area contributed by atoms with Crippen molar-refractivity contribution < 1.29 is 14.3 Å². The molecule has 2 aliphatic rings. The van der Waals surface area contributed by atoms with Gasteiger partial charge in [-0.1, -0.05) is 6.92 Å². The summed E-state index contributed by atoms with van der Waals surface area (Å²) in [6, 6.07) is 0.237. The summed E-state index contributed by atoms with van der Waals surface area (Å²) in [6.45, 7) is 4.10. The first-order chi connectivity index (χ1) is 6.81. The van der Waals surface area contributed by atoms with E-state index in [1.807, 2.05) is 0 Å². The van der Waals surface area contributed by atoms with Crippen molar-refractivity contribution in [3.8, 4) is 0 Å². The summed E-state index contributed by atoms with van der Waals surface area (Å²) < 4.78 is 10.5. The molecule has 0 aromatic rings. The molecule has 2 heterocycles. The van der Waals surface area contributed by atoms with Gasteiger partial charge in [0.15, 0.2) is 0 Å². The van der Waals surface area contributed by atoms with Gasteiger partial charge in [0.2, 0.25) is 5.91 Å². The van der Waals surface area contributed by atoms with Gasteiger partial charge in [0, 0.05) is 6.61 Å². The molecule has 2 atom stereocenters. The second-order valence-corrected chi connectivity index (χ2v) is 3.96. The molecule has 14 heavy (non-hydrogen) atoms. The second kappa shape index (κ2) is 4.28. The summed E-state index contributed by atoms with van der Waals surface area (Å²) in [5.74, 6) is 0.197. The van der Waals surface area contributed by atoms with Crippen molar-refractivity contribution >= 4 is 5.91 Å². The molecule has 0 spiro atoms. The molecule has 2 saturated heterocycles. The number of carbonyl (C=O) groups excluding carboxylic acids is 1. The number of hydrogen-bond acceptors (Lipinski definition) is 3. The fraction of sp³-hybridized carbons (Fsp3) is 0.900. The van der Waals surface area contributed by atoms with Gasteiger partial charge in [0.05, 0.1) is 31.3 Å². The molecule has 80 valence electrons. The first-order valence-corrected chi connectivity index (χ1v) is 5.31. The minimum absolute atomic E-state index is 0.0561. The molecule has 0 aromatic heterocycles. The fourth-order valence-electron chi connectivity index (χ4n) is 1.98. The Morgan fingerprint density at radius 3 is 2.86 bits per heavy atom. The van der Waals surface area contributed by atoms with Crippen LogP contribution in [0.1, 0.15) is 19.8 Å².